The lowest BCUT2D eigenvalue weighted by molar-refractivity contribution is 0.409. The van der Waals surface area contributed by atoms with Gasteiger partial charge in [-0.05, 0) is 53.8 Å². The molecule has 2 aromatic rings. The highest BCUT2D eigenvalue weighted by atomic mass is 32.1. The van der Waals surface area contributed by atoms with Gasteiger partial charge < -0.3 is 4.42 Å². The molecule has 0 bridgehead atoms. The molecule has 0 saturated heterocycles. The minimum Gasteiger partial charge on any atom is -0.466 e. The molecule has 0 N–H and O–H groups in total. The molecule has 0 fully saturated rings. The fourth-order valence-corrected chi connectivity index (χ4v) is 3.82. The van der Waals surface area contributed by atoms with Crippen LogP contribution in [0.4, 0.5) is 0 Å². The van der Waals surface area contributed by atoms with Crippen LogP contribution in [0.25, 0.3) is 0 Å². The van der Waals surface area contributed by atoms with Gasteiger partial charge in [0.25, 0.3) is 0 Å². The molecule has 2 aromatic heterocycles. The van der Waals surface area contributed by atoms with Gasteiger partial charge in [-0.2, -0.15) is 0 Å². The van der Waals surface area contributed by atoms with Crippen molar-refractivity contribution in [3.05, 3.63) is 45.5 Å². The summed E-state index contributed by atoms with van der Waals surface area (Å²) in [6, 6.07) is 6.69. The number of hydrogen-bond donors (Lipinski definition) is 0. The van der Waals surface area contributed by atoms with Gasteiger partial charge in [0.15, 0.2) is 0 Å². The molecule has 0 radical (unpaired) electrons. The Balaban J connectivity index is 1.90. The average molecular weight is 319 g/mol. The van der Waals surface area contributed by atoms with Gasteiger partial charge in [-0.25, -0.2) is 0 Å². The molecular weight excluding hydrogens is 288 g/mol. The lowest BCUT2D eigenvalue weighted by Crippen LogP contribution is -1.97. The van der Waals surface area contributed by atoms with Crippen LogP contribution in [-0.4, -0.2) is 0 Å². The van der Waals surface area contributed by atoms with E-state index in [0.717, 1.165) is 11.5 Å². The Hall–Kier alpha value is -1.02. The number of hydrogen-bond acceptors (Lipinski definition) is 2. The van der Waals surface area contributed by atoms with Crippen molar-refractivity contribution in [2.24, 2.45) is 0 Å². The molecule has 122 valence electrons. The van der Waals surface area contributed by atoms with Crippen molar-refractivity contribution in [1.29, 1.82) is 0 Å². The first-order valence-electron chi connectivity index (χ1n) is 8.56. The molecule has 0 saturated carbocycles. The quantitative estimate of drug-likeness (QED) is 0.523. The van der Waals surface area contributed by atoms with E-state index in [-0.39, 0.29) is 0 Å². The van der Waals surface area contributed by atoms with Gasteiger partial charge in [0.05, 0.1) is 0 Å². The van der Waals surface area contributed by atoms with Gasteiger partial charge in [-0.15, -0.1) is 11.3 Å². The van der Waals surface area contributed by atoms with Gasteiger partial charge in [0, 0.05) is 16.7 Å². The summed E-state index contributed by atoms with van der Waals surface area (Å²) in [7, 11) is 0. The highest BCUT2D eigenvalue weighted by Gasteiger charge is 2.16. The molecule has 2 heterocycles. The van der Waals surface area contributed by atoms with E-state index >= 15 is 0 Å². The molecule has 0 spiro atoms. The van der Waals surface area contributed by atoms with Crippen LogP contribution in [-0.2, 0) is 0 Å². The highest BCUT2D eigenvalue weighted by Crippen LogP contribution is 2.33. The second kappa shape index (κ2) is 7.50. The SMILES string of the molecule is CC(C)c1csc(C(C)CCC(C)c2ccc(C(C)C)o2)c1. The lowest BCUT2D eigenvalue weighted by Gasteiger charge is -2.13. The smallest absolute Gasteiger partial charge is 0.106 e. The first-order valence-corrected chi connectivity index (χ1v) is 9.44. The Labute approximate surface area is 139 Å². The van der Waals surface area contributed by atoms with Gasteiger partial charge in [-0.1, -0.05) is 41.5 Å². The zero-order chi connectivity index (χ0) is 16.3. The maximum atomic E-state index is 5.98. The van der Waals surface area contributed by atoms with Gasteiger partial charge in [-0.3, -0.25) is 0 Å². The van der Waals surface area contributed by atoms with Crippen molar-refractivity contribution >= 4 is 11.3 Å². The molecule has 0 amide bonds. The van der Waals surface area contributed by atoms with E-state index in [0.29, 0.717) is 23.7 Å². The fraction of sp³-hybridized carbons (Fsp3) is 0.600. The summed E-state index contributed by atoms with van der Waals surface area (Å²) in [6.07, 6.45) is 2.40. The van der Waals surface area contributed by atoms with Gasteiger partial charge in [0.2, 0.25) is 0 Å². The van der Waals surface area contributed by atoms with Crippen LogP contribution < -0.4 is 0 Å². The summed E-state index contributed by atoms with van der Waals surface area (Å²) < 4.78 is 5.98. The van der Waals surface area contributed by atoms with Crippen molar-refractivity contribution in [2.75, 3.05) is 0 Å². The summed E-state index contributed by atoms with van der Waals surface area (Å²) in [5.41, 5.74) is 1.48. The second-order valence-electron chi connectivity index (χ2n) is 7.21. The first kappa shape index (κ1) is 17.3. The predicted molar refractivity (Wildman–Crippen MR) is 97.3 cm³/mol. The third-order valence-corrected chi connectivity index (χ3v) is 5.71. The van der Waals surface area contributed by atoms with E-state index in [9.17, 15) is 0 Å². The largest absolute Gasteiger partial charge is 0.466 e. The number of thiophene rings is 1. The lowest BCUT2D eigenvalue weighted by atomic mass is 9.95. The Kier molecular flexibility index (Phi) is 5.91. The molecule has 0 aliphatic rings. The van der Waals surface area contributed by atoms with E-state index in [1.54, 1.807) is 0 Å². The molecule has 2 atom stereocenters. The zero-order valence-corrected chi connectivity index (χ0v) is 15.7. The normalized spacial score (nSPS) is 14.7. The summed E-state index contributed by atoms with van der Waals surface area (Å²) in [4.78, 5) is 1.53. The number of rotatable bonds is 7. The molecule has 2 rings (SSSR count). The minimum atomic E-state index is 0.473. The molecule has 0 aliphatic carbocycles. The molecular formula is C20H30OS. The van der Waals surface area contributed by atoms with Crippen molar-refractivity contribution in [3.63, 3.8) is 0 Å². The first-order chi connectivity index (χ1) is 10.4. The highest BCUT2D eigenvalue weighted by molar-refractivity contribution is 7.10. The Bertz CT molecular complexity index is 524. The summed E-state index contributed by atoms with van der Waals surface area (Å²) in [6.45, 7) is 13.5. The molecule has 0 aromatic carbocycles. The molecule has 22 heavy (non-hydrogen) atoms. The topological polar surface area (TPSA) is 13.1 Å². The zero-order valence-electron chi connectivity index (χ0n) is 14.8. The van der Waals surface area contributed by atoms with E-state index in [1.165, 1.54) is 23.3 Å². The van der Waals surface area contributed by atoms with Crippen molar-refractivity contribution < 1.29 is 4.42 Å². The van der Waals surface area contributed by atoms with Gasteiger partial charge >= 0.3 is 0 Å². The van der Waals surface area contributed by atoms with E-state index < -0.39 is 0 Å². The van der Waals surface area contributed by atoms with Crippen LogP contribution in [0.5, 0.6) is 0 Å². The van der Waals surface area contributed by atoms with Crippen LogP contribution in [0.15, 0.2) is 28.0 Å². The molecule has 0 aliphatic heterocycles. The summed E-state index contributed by atoms with van der Waals surface area (Å²) >= 11 is 1.92. The van der Waals surface area contributed by atoms with Crippen molar-refractivity contribution in [1.82, 2.24) is 0 Å². The van der Waals surface area contributed by atoms with Crippen LogP contribution in [0.2, 0.25) is 0 Å². The summed E-state index contributed by atoms with van der Waals surface area (Å²) in [5, 5.41) is 2.32. The van der Waals surface area contributed by atoms with Crippen LogP contribution in [0.3, 0.4) is 0 Å². The Morgan fingerprint density at radius 3 is 2.05 bits per heavy atom. The van der Waals surface area contributed by atoms with Crippen LogP contribution in [0.1, 0.15) is 100 Å². The predicted octanol–water partition coefficient (Wildman–Crippen LogP) is 7.28. The monoisotopic (exact) mass is 318 g/mol. The Morgan fingerprint density at radius 2 is 1.50 bits per heavy atom. The molecule has 2 unspecified atom stereocenters. The van der Waals surface area contributed by atoms with Crippen LogP contribution in [0, 0.1) is 0 Å². The summed E-state index contributed by atoms with van der Waals surface area (Å²) in [5.74, 6) is 4.49. The van der Waals surface area contributed by atoms with Gasteiger partial charge in [0.1, 0.15) is 11.5 Å². The van der Waals surface area contributed by atoms with E-state index in [1.807, 2.05) is 11.3 Å². The maximum absolute atomic E-state index is 5.98. The fourth-order valence-electron chi connectivity index (χ4n) is 2.66. The maximum Gasteiger partial charge on any atom is 0.106 e. The van der Waals surface area contributed by atoms with Crippen molar-refractivity contribution in [3.8, 4) is 0 Å². The van der Waals surface area contributed by atoms with E-state index in [2.05, 4.69) is 65.1 Å². The molecule has 2 heteroatoms. The third kappa shape index (κ3) is 4.25. The van der Waals surface area contributed by atoms with Crippen LogP contribution >= 0.6 is 11.3 Å². The Morgan fingerprint density at radius 1 is 0.864 bits per heavy atom. The number of furan rings is 1. The standard InChI is InChI=1S/C20H30OS/c1-13(2)17-11-20(22-12-17)16(6)8-7-15(5)19-10-9-18(21-19)14(3)4/h9-16H,7-8H2,1-6H3. The third-order valence-electron chi connectivity index (χ3n) is 4.53. The second-order valence-corrected chi connectivity index (χ2v) is 8.15. The van der Waals surface area contributed by atoms with E-state index in [4.69, 9.17) is 4.42 Å². The molecule has 1 nitrogen and oxygen atoms in total. The minimum absolute atomic E-state index is 0.473. The average Bonchev–Trinajstić information content (AvgIpc) is 3.12. The van der Waals surface area contributed by atoms with Crippen molar-refractivity contribution in [2.45, 2.75) is 78.1 Å².